The van der Waals surface area contributed by atoms with E-state index in [0.717, 1.165) is 37.8 Å². The van der Waals surface area contributed by atoms with E-state index in [1.54, 1.807) is 12.3 Å². The van der Waals surface area contributed by atoms with Crippen LogP contribution in [0.2, 0.25) is 0 Å². The van der Waals surface area contributed by atoms with E-state index in [1.165, 1.54) is 40.2 Å². The maximum Gasteiger partial charge on any atom is 0.158 e. The summed E-state index contributed by atoms with van der Waals surface area (Å²) >= 11 is 0. The molecule has 4 aromatic rings. The summed E-state index contributed by atoms with van der Waals surface area (Å²) in [7, 11) is 0. The zero-order chi connectivity index (χ0) is 24.5. The summed E-state index contributed by atoms with van der Waals surface area (Å²) in [5, 5.41) is 29.3. The Bertz CT molecular complexity index is 1330. The molecule has 0 saturated heterocycles. The van der Waals surface area contributed by atoms with Crippen molar-refractivity contribution in [2.24, 2.45) is 10.3 Å². The molecule has 0 saturated carbocycles. The first-order valence-corrected chi connectivity index (χ1v) is 12.0. The number of aryl methyl sites for hydroxylation is 1. The molecule has 3 aromatic carbocycles. The number of aromatic nitrogens is 1. The second kappa shape index (κ2) is 11.9. The lowest BCUT2D eigenvalue weighted by Crippen LogP contribution is -1.93. The van der Waals surface area contributed by atoms with Crippen LogP contribution in [0.25, 0.3) is 21.8 Å². The number of phenolic OH excluding ortho intramolecular Hbond substituents is 2. The fourth-order valence-corrected chi connectivity index (χ4v) is 4.10. The van der Waals surface area contributed by atoms with Crippen molar-refractivity contribution in [3.63, 3.8) is 0 Å². The summed E-state index contributed by atoms with van der Waals surface area (Å²) in [6, 6.07) is 19.4. The number of benzene rings is 3. The highest BCUT2D eigenvalue weighted by Gasteiger charge is 2.09. The van der Waals surface area contributed by atoms with Crippen molar-refractivity contribution in [2.75, 3.05) is 13.2 Å². The van der Waals surface area contributed by atoms with Crippen LogP contribution in [0.4, 0.5) is 0 Å². The molecule has 1 heterocycles. The summed E-state index contributed by atoms with van der Waals surface area (Å²) in [5.74, 6) is -0.336. The molecule has 4 rings (SSSR count). The van der Waals surface area contributed by atoms with Gasteiger partial charge in [-0.25, -0.2) is 0 Å². The molecule has 0 fully saturated rings. The van der Waals surface area contributed by atoms with Gasteiger partial charge in [-0.2, -0.15) is 0 Å². The highest BCUT2D eigenvalue weighted by atomic mass is 16.6. The van der Waals surface area contributed by atoms with E-state index >= 15 is 0 Å². The van der Waals surface area contributed by atoms with Crippen LogP contribution in [-0.4, -0.2) is 40.4 Å². The summed E-state index contributed by atoms with van der Waals surface area (Å²) in [5.41, 5.74) is 4.17. The first-order valence-electron chi connectivity index (χ1n) is 12.0. The van der Waals surface area contributed by atoms with Crippen molar-refractivity contribution in [1.29, 1.82) is 0 Å². The fourth-order valence-electron chi connectivity index (χ4n) is 4.10. The van der Waals surface area contributed by atoms with Crippen LogP contribution in [0.1, 0.15) is 43.7 Å². The zero-order valence-electron chi connectivity index (χ0n) is 19.9. The van der Waals surface area contributed by atoms with E-state index in [2.05, 4.69) is 64.3 Å². The topological polar surface area (TPSA) is 88.6 Å². The molecule has 0 spiro atoms. The smallest absolute Gasteiger partial charge is 0.158 e. The van der Waals surface area contributed by atoms with E-state index in [1.807, 2.05) is 0 Å². The minimum absolute atomic E-state index is 0.157. The minimum atomic E-state index is -0.179. The van der Waals surface area contributed by atoms with Gasteiger partial charge in [-0.15, -0.1) is 0 Å². The average Bonchev–Trinajstić information content (AvgIpc) is 3.19. The van der Waals surface area contributed by atoms with Crippen LogP contribution in [0.5, 0.6) is 11.5 Å². The van der Waals surface area contributed by atoms with E-state index in [9.17, 15) is 10.2 Å². The lowest BCUT2D eigenvalue weighted by atomic mass is 10.1. The third-order valence-corrected chi connectivity index (χ3v) is 5.89. The van der Waals surface area contributed by atoms with Crippen LogP contribution in [-0.2, 0) is 16.2 Å². The maximum atomic E-state index is 9.45. The molecule has 0 aliphatic heterocycles. The van der Waals surface area contributed by atoms with Crippen molar-refractivity contribution < 1.29 is 19.9 Å². The van der Waals surface area contributed by atoms with Crippen molar-refractivity contribution in [3.05, 3.63) is 71.8 Å². The lowest BCUT2D eigenvalue weighted by Gasteiger charge is -2.03. The Kier molecular flexibility index (Phi) is 8.22. The maximum absolute atomic E-state index is 9.45. The van der Waals surface area contributed by atoms with Crippen LogP contribution in [0.3, 0.4) is 0 Å². The molecule has 0 bridgehead atoms. The number of hydrogen-bond acceptors (Lipinski definition) is 6. The van der Waals surface area contributed by atoms with Crippen LogP contribution >= 0.6 is 0 Å². The van der Waals surface area contributed by atoms with Crippen LogP contribution in [0.15, 0.2) is 71.0 Å². The Balaban J connectivity index is 1.13. The van der Waals surface area contributed by atoms with Gasteiger partial charge in [0.15, 0.2) is 11.5 Å². The zero-order valence-corrected chi connectivity index (χ0v) is 19.9. The fraction of sp³-hybridized carbons (Fsp3) is 0.286. The third-order valence-electron chi connectivity index (χ3n) is 5.89. The third kappa shape index (κ3) is 6.12. The number of fused-ring (bicyclic) bond motifs is 3. The standard InChI is InChI=1S/C28H31N3O4/c1-2-31-25-10-6-5-9-23(25)24-17-21(11-13-26(24)31)19-29-34-15-7-3-4-8-16-35-30-20-22-12-14-27(32)28(33)18-22/h5-6,9-14,17-20,32-33H,2-4,7-8,15-16H2,1H3/b29-19+,30-20+. The summed E-state index contributed by atoms with van der Waals surface area (Å²) in [6.07, 6.45) is 7.14. The molecular formula is C28H31N3O4. The molecule has 7 nitrogen and oxygen atoms in total. The second-order valence-electron chi connectivity index (χ2n) is 8.34. The normalized spacial score (nSPS) is 11.8. The number of nitrogens with zero attached hydrogens (tertiary/aromatic N) is 3. The molecular weight excluding hydrogens is 442 g/mol. The predicted octanol–water partition coefficient (Wildman–Crippen LogP) is 6.19. The number of oxime groups is 2. The van der Waals surface area contributed by atoms with Gasteiger partial charge in [0, 0.05) is 28.4 Å². The highest BCUT2D eigenvalue weighted by Crippen LogP contribution is 2.29. The Hall–Kier alpha value is -4.00. The van der Waals surface area contributed by atoms with Crippen molar-refractivity contribution >= 4 is 34.2 Å². The molecule has 182 valence electrons. The van der Waals surface area contributed by atoms with Gasteiger partial charge in [-0.3, -0.25) is 0 Å². The van der Waals surface area contributed by atoms with Crippen LogP contribution in [0, 0.1) is 0 Å². The van der Waals surface area contributed by atoms with E-state index < -0.39 is 0 Å². The second-order valence-corrected chi connectivity index (χ2v) is 8.34. The molecule has 7 heteroatoms. The van der Waals surface area contributed by atoms with E-state index in [4.69, 9.17) is 9.68 Å². The molecule has 0 amide bonds. The van der Waals surface area contributed by atoms with Crippen LogP contribution < -0.4 is 0 Å². The Morgan fingerprint density at radius 2 is 1.34 bits per heavy atom. The van der Waals surface area contributed by atoms with Crippen molar-refractivity contribution in [1.82, 2.24) is 4.57 Å². The number of unbranched alkanes of at least 4 members (excludes halogenated alkanes) is 3. The van der Waals surface area contributed by atoms with Gasteiger partial charge in [-0.05, 0) is 80.1 Å². The van der Waals surface area contributed by atoms with E-state index in [-0.39, 0.29) is 11.5 Å². The first kappa shape index (κ1) is 24.1. The van der Waals surface area contributed by atoms with Gasteiger partial charge in [0.05, 0.1) is 12.4 Å². The van der Waals surface area contributed by atoms with Gasteiger partial charge in [0.2, 0.25) is 0 Å². The molecule has 0 aliphatic carbocycles. The van der Waals surface area contributed by atoms with E-state index in [0.29, 0.717) is 18.8 Å². The molecule has 1 aromatic heterocycles. The average molecular weight is 474 g/mol. The Morgan fingerprint density at radius 1 is 0.714 bits per heavy atom. The lowest BCUT2D eigenvalue weighted by molar-refractivity contribution is 0.132. The molecule has 0 radical (unpaired) electrons. The van der Waals surface area contributed by atoms with Gasteiger partial charge in [0.1, 0.15) is 13.2 Å². The number of phenols is 2. The first-order chi connectivity index (χ1) is 17.2. The quantitative estimate of drug-likeness (QED) is 0.111. The number of aromatic hydroxyl groups is 2. The largest absolute Gasteiger partial charge is 0.504 e. The molecule has 0 unspecified atom stereocenters. The highest BCUT2D eigenvalue weighted by molar-refractivity contribution is 6.09. The molecule has 2 N–H and O–H groups in total. The monoisotopic (exact) mass is 473 g/mol. The summed E-state index contributed by atoms with van der Waals surface area (Å²) in [6.45, 7) is 4.21. The SMILES string of the molecule is CCn1c2ccccc2c2cc(/C=N/OCCCCCCO/N=C/c3ccc(O)c(O)c3)ccc21. The summed E-state index contributed by atoms with van der Waals surface area (Å²) in [4.78, 5) is 10.7. The number of rotatable bonds is 12. The Labute approximate surface area is 204 Å². The Morgan fingerprint density at radius 3 is 2.03 bits per heavy atom. The van der Waals surface area contributed by atoms with Gasteiger partial charge in [-0.1, -0.05) is 34.6 Å². The van der Waals surface area contributed by atoms with Gasteiger partial charge < -0.3 is 24.5 Å². The number of hydrogen-bond donors (Lipinski definition) is 2. The predicted molar refractivity (Wildman–Crippen MR) is 140 cm³/mol. The van der Waals surface area contributed by atoms with Crippen molar-refractivity contribution in [3.8, 4) is 11.5 Å². The number of para-hydroxylation sites is 1. The molecule has 0 aliphatic rings. The minimum Gasteiger partial charge on any atom is -0.504 e. The molecule has 0 atom stereocenters. The van der Waals surface area contributed by atoms with Gasteiger partial charge >= 0.3 is 0 Å². The van der Waals surface area contributed by atoms with Crippen molar-refractivity contribution in [2.45, 2.75) is 39.2 Å². The van der Waals surface area contributed by atoms with Gasteiger partial charge in [0.25, 0.3) is 0 Å². The molecule has 35 heavy (non-hydrogen) atoms. The summed E-state index contributed by atoms with van der Waals surface area (Å²) < 4.78 is 2.33.